The highest BCUT2D eigenvalue weighted by molar-refractivity contribution is 7.89. The van der Waals surface area contributed by atoms with Gasteiger partial charge >= 0.3 is 5.97 Å². The van der Waals surface area contributed by atoms with Crippen LogP contribution in [-0.2, 0) is 14.8 Å². The molecule has 0 aliphatic heterocycles. The molecule has 0 saturated heterocycles. The van der Waals surface area contributed by atoms with Crippen LogP contribution in [0.3, 0.4) is 0 Å². The number of carboxylic acids is 1. The van der Waals surface area contributed by atoms with Crippen molar-refractivity contribution < 1.29 is 23.1 Å². The van der Waals surface area contributed by atoms with Crippen LogP contribution in [0.15, 0.2) is 23.1 Å². The number of rotatable bonds is 6. The molecule has 0 spiro atoms. The number of aliphatic carboxylic acids is 1. The van der Waals surface area contributed by atoms with Crippen molar-refractivity contribution in [3.05, 3.63) is 23.2 Å². The number of sulfonamides is 1. The molecular weight excluding hydrogens is 294 g/mol. The molecule has 8 heteroatoms. The molecule has 1 rings (SSSR count). The van der Waals surface area contributed by atoms with E-state index in [2.05, 4.69) is 0 Å². The fraction of sp³-hybridized carbons (Fsp3) is 0.364. The summed E-state index contributed by atoms with van der Waals surface area (Å²) in [5.41, 5.74) is 0. The molecule has 0 fully saturated rings. The Labute approximate surface area is 116 Å². The van der Waals surface area contributed by atoms with Crippen molar-refractivity contribution in [3.63, 3.8) is 0 Å². The van der Waals surface area contributed by atoms with Crippen LogP contribution in [-0.4, -0.2) is 44.5 Å². The van der Waals surface area contributed by atoms with Crippen molar-refractivity contribution in [1.82, 2.24) is 4.31 Å². The van der Waals surface area contributed by atoms with Gasteiger partial charge in [-0.15, -0.1) is 0 Å². The summed E-state index contributed by atoms with van der Waals surface area (Å²) in [7, 11) is -1.01. The number of methoxy groups -OCH3 is 1. The zero-order valence-electron chi connectivity index (χ0n) is 10.5. The highest BCUT2D eigenvalue weighted by Gasteiger charge is 2.22. The molecule has 0 aromatic heterocycles. The number of hydrogen-bond donors (Lipinski definition) is 1. The van der Waals surface area contributed by atoms with Crippen molar-refractivity contribution in [2.75, 3.05) is 20.7 Å². The summed E-state index contributed by atoms with van der Waals surface area (Å²) in [5.74, 6) is -0.691. The van der Waals surface area contributed by atoms with Crippen molar-refractivity contribution in [3.8, 4) is 5.75 Å². The maximum Gasteiger partial charge on any atom is 0.304 e. The van der Waals surface area contributed by atoms with E-state index in [-0.39, 0.29) is 22.9 Å². The minimum atomic E-state index is -3.75. The van der Waals surface area contributed by atoms with Crippen molar-refractivity contribution in [2.24, 2.45) is 0 Å². The van der Waals surface area contributed by atoms with Crippen molar-refractivity contribution in [2.45, 2.75) is 11.3 Å². The summed E-state index contributed by atoms with van der Waals surface area (Å²) >= 11 is 5.87. The summed E-state index contributed by atoms with van der Waals surface area (Å²) in [6.45, 7) is -0.110. The van der Waals surface area contributed by atoms with Gasteiger partial charge in [0.05, 0.1) is 23.4 Å². The van der Waals surface area contributed by atoms with Crippen LogP contribution in [0.25, 0.3) is 0 Å². The van der Waals surface area contributed by atoms with E-state index in [4.69, 9.17) is 21.4 Å². The number of halogens is 1. The van der Waals surface area contributed by atoms with Gasteiger partial charge in [0.25, 0.3) is 0 Å². The third kappa shape index (κ3) is 3.82. The minimum absolute atomic E-state index is 0.00816. The molecule has 0 amide bonds. The van der Waals surface area contributed by atoms with E-state index in [1.807, 2.05) is 0 Å². The summed E-state index contributed by atoms with van der Waals surface area (Å²) in [6.07, 6.45) is -0.264. The van der Waals surface area contributed by atoms with Crippen molar-refractivity contribution in [1.29, 1.82) is 0 Å². The maximum absolute atomic E-state index is 12.1. The van der Waals surface area contributed by atoms with E-state index in [9.17, 15) is 13.2 Å². The molecule has 0 aliphatic carbocycles. The maximum atomic E-state index is 12.1. The van der Waals surface area contributed by atoms with Crippen LogP contribution in [0.1, 0.15) is 6.42 Å². The van der Waals surface area contributed by atoms with E-state index in [0.29, 0.717) is 5.75 Å². The fourth-order valence-corrected chi connectivity index (χ4v) is 2.88. The number of benzene rings is 1. The Morgan fingerprint density at radius 1 is 1.47 bits per heavy atom. The summed E-state index contributed by atoms with van der Waals surface area (Å²) in [6, 6.07) is 4.07. The fourth-order valence-electron chi connectivity index (χ4n) is 1.36. The third-order valence-electron chi connectivity index (χ3n) is 2.47. The van der Waals surface area contributed by atoms with Gasteiger partial charge in [0.15, 0.2) is 0 Å². The molecule has 6 nitrogen and oxygen atoms in total. The number of hydrogen-bond acceptors (Lipinski definition) is 4. The monoisotopic (exact) mass is 307 g/mol. The highest BCUT2D eigenvalue weighted by atomic mass is 35.5. The van der Waals surface area contributed by atoms with Gasteiger partial charge in [-0.1, -0.05) is 11.6 Å². The van der Waals surface area contributed by atoms with Crippen LogP contribution in [0.5, 0.6) is 5.75 Å². The van der Waals surface area contributed by atoms with E-state index in [0.717, 1.165) is 4.31 Å². The molecule has 0 unspecified atom stereocenters. The van der Waals surface area contributed by atoms with Crippen LogP contribution in [0.2, 0.25) is 5.02 Å². The molecule has 19 heavy (non-hydrogen) atoms. The normalized spacial score (nSPS) is 11.6. The van der Waals surface area contributed by atoms with Gasteiger partial charge in [0.1, 0.15) is 5.75 Å². The first-order chi connectivity index (χ1) is 8.78. The third-order valence-corrected chi connectivity index (χ3v) is 4.62. The van der Waals surface area contributed by atoms with Crippen LogP contribution >= 0.6 is 11.6 Å². The van der Waals surface area contributed by atoms with Crippen LogP contribution < -0.4 is 4.74 Å². The topological polar surface area (TPSA) is 83.9 Å². The molecule has 0 saturated carbocycles. The minimum Gasteiger partial charge on any atom is -0.495 e. The Bertz CT molecular complexity index is 572. The van der Waals surface area contributed by atoms with Crippen LogP contribution in [0.4, 0.5) is 0 Å². The average molecular weight is 308 g/mol. The second-order valence-corrected chi connectivity index (χ2v) is 6.22. The number of carbonyl (C=O) groups is 1. The van der Waals surface area contributed by atoms with E-state index in [1.54, 1.807) is 0 Å². The van der Waals surface area contributed by atoms with Gasteiger partial charge in [-0.3, -0.25) is 4.79 Å². The lowest BCUT2D eigenvalue weighted by Gasteiger charge is -2.16. The first kappa shape index (κ1) is 15.7. The summed E-state index contributed by atoms with van der Waals surface area (Å²) < 4.78 is 30.2. The molecule has 0 atom stereocenters. The summed E-state index contributed by atoms with van der Waals surface area (Å²) in [4.78, 5) is 10.4. The van der Waals surface area contributed by atoms with Gasteiger partial charge in [0, 0.05) is 13.6 Å². The van der Waals surface area contributed by atoms with E-state index < -0.39 is 16.0 Å². The van der Waals surface area contributed by atoms with Gasteiger partial charge in [-0.25, -0.2) is 12.7 Å². The molecule has 1 aromatic rings. The second kappa shape index (κ2) is 6.23. The molecule has 1 N–H and O–H groups in total. The molecule has 1 aromatic carbocycles. The number of ether oxygens (including phenoxy) is 1. The first-order valence-corrected chi connectivity index (χ1v) is 7.12. The summed E-state index contributed by atoms with van der Waals surface area (Å²) in [5, 5.41) is 8.73. The smallest absolute Gasteiger partial charge is 0.304 e. The largest absolute Gasteiger partial charge is 0.495 e. The Hall–Kier alpha value is -1.31. The van der Waals surface area contributed by atoms with Crippen LogP contribution in [0, 0.1) is 0 Å². The predicted molar refractivity (Wildman–Crippen MR) is 70.1 cm³/mol. The number of carboxylic acid groups (broad SMARTS) is 1. The van der Waals surface area contributed by atoms with Crippen molar-refractivity contribution >= 4 is 27.6 Å². The SMILES string of the molecule is COc1ccc(S(=O)(=O)N(C)CCC(=O)O)cc1Cl. The number of nitrogens with zero attached hydrogens (tertiary/aromatic N) is 1. The quantitative estimate of drug-likeness (QED) is 0.860. The molecule has 0 radical (unpaired) electrons. The highest BCUT2D eigenvalue weighted by Crippen LogP contribution is 2.28. The molecular formula is C11H14ClNO5S. The lowest BCUT2D eigenvalue weighted by Crippen LogP contribution is -2.29. The Morgan fingerprint density at radius 2 is 2.11 bits per heavy atom. The lowest BCUT2D eigenvalue weighted by molar-refractivity contribution is -0.137. The Kier molecular flexibility index (Phi) is 5.16. The lowest BCUT2D eigenvalue weighted by atomic mass is 10.3. The standard InChI is InChI=1S/C11H14ClNO5S/c1-13(6-5-11(14)15)19(16,17)8-3-4-10(18-2)9(12)7-8/h3-4,7H,5-6H2,1-2H3,(H,14,15). The van der Waals surface area contributed by atoms with E-state index >= 15 is 0 Å². The van der Waals surface area contributed by atoms with E-state index in [1.165, 1.54) is 32.4 Å². The zero-order chi connectivity index (χ0) is 14.6. The van der Waals surface area contributed by atoms with Gasteiger partial charge < -0.3 is 9.84 Å². The average Bonchev–Trinajstić information content (AvgIpc) is 2.35. The first-order valence-electron chi connectivity index (χ1n) is 5.30. The second-order valence-electron chi connectivity index (χ2n) is 3.77. The molecule has 106 valence electrons. The Balaban J connectivity index is 2.99. The van der Waals surface area contributed by atoms with Gasteiger partial charge in [-0.05, 0) is 18.2 Å². The molecule has 0 heterocycles. The zero-order valence-corrected chi connectivity index (χ0v) is 12.0. The molecule has 0 bridgehead atoms. The Morgan fingerprint density at radius 3 is 2.58 bits per heavy atom. The van der Waals surface area contributed by atoms with Gasteiger partial charge in [0.2, 0.25) is 10.0 Å². The predicted octanol–water partition coefficient (Wildman–Crippen LogP) is 1.44. The van der Waals surface area contributed by atoms with Gasteiger partial charge in [-0.2, -0.15) is 0 Å². The molecule has 0 aliphatic rings.